The molecule has 17 heavy (non-hydrogen) atoms. The highest BCUT2D eigenvalue weighted by Gasteiger charge is 2.24. The third-order valence-corrected chi connectivity index (χ3v) is 4.46. The summed E-state index contributed by atoms with van der Waals surface area (Å²) < 4.78 is 5.22. The summed E-state index contributed by atoms with van der Waals surface area (Å²) in [6.45, 7) is 0. The van der Waals surface area contributed by atoms with E-state index in [1.165, 1.54) is 19.3 Å². The summed E-state index contributed by atoms with van der Waals surface area (Å²) in [5.74, 6) is 0.745. The van der Waals surface area contributed by atoms with Crippen LogP contribution in [0.25, 0.3) is 0 Å². The second kappa shape index (κ2) is 5.54. The van der Waals surface area contributed by atoms with Gasteiger partial charge in [0.1, 0.15) is 5.75 Å². The summed E-state index contributed by atoms with van der Waals surface area (Å²) >= 11 is 1.96. The average Bonchev–Trinajstić information content (AvgIpc) is 2.79. The van der Waals surface area contributed by atoms with Crippen molar-refractivity contribution in [2.75, 3.05) is 24.4 Å². The SMILES string of the molecule is COc1cccc(NC2CCC(SC)C2)c1N. The molecule has 0 aromatic heterocycles. The predicted molar refractivity (Wildman–Crippen MR) is 76.0 cm³/mol. The van der Waals surface area contributed by atoms with E-state index >= 15 is 0 Å². The molecule has 2 unspecified atom stereocenters. The number of thioether (sulfide) groups is 1. The topological polar surface area (TPSA) is 47.3 Å². The highest BCUT2D eigenvalue weighted by molar-refractivity contribution is 7.99. The van der Waals surface area contributed by atoms with Gasteiger partial charge in [-0.05, 0) is 37.7 Å². The van der Waals surface area contributed by atoms with Crippen LogP contribution in [0, 0.1) is 0 Å². The van der Waals surface area contributed by atoms with Crippen molar-refractivity contribution in [2.24, 2.45) is 0 Å². The molecule has 0 aliphatic heterocycles. The first-order valence-electron chi connectivity index (χ1n) is 5.96. The zero-order valence-corrected chi connectivity index (χ0v) is 11.2. The maximum atomic E-state index is 6.05. The van der Waals surface area contributed by atoms with Gasteiger partial charge in [0, 0.05) is 11.3 Å². The molecule has 94 valence electrons. The number of nitrogens with two attached hydrogens (primary N) is 1. The van der Waals surface area contributed by atoms with Crippen molar-refractivity contribution < 1.29 is 4.74 Å². The maximum absolute atomic E-state index is 6.05. The molecule has 0 saturated heterocycles. The van der Waals surface area contributed by atoms with Crippen LogP contribution in [-0.2, 0) is 0 Å². The fraction of sp³-hybridized carbons (Fsp3) is 0.538. The molecule has 2 atom stereocenters. The van der Waals surface area contributed by atoms with Crippen LogP contribution in [0.2, 0.25) is 0 Å². The molecule has 0 spiro atoms. The first-order valence-corrected chi connectivity index (χ1v) is 7.25. The van der Waals surface area contributed by atoms with Crippen molar-refractivity contribution in [1.29, 1.82) is 0 Å². The van der Waals surface area contributed by atoms with E-state index in [0.717, 1.165) is 16.7 Å². The van der Waals surface area contributed by atoms with E-state index in [1.54, 1.807) is 7.11 Å². The molecule has 3 N–H and O–H groups in total. The number of methoxy groups -OCH3 is 1. The van der Waals surface area contributed by atoms with Crippen LogP contribution in [-0.4, -0.2) is 24.7 Å². The first kappa shape index (κ1) is 12.4. The molecule has 1 aromatic rings. The molecule has 1 fully saturated rings. The van der Waals surface area contributed by atoms with Crippen LogP contribution in [0.1, 0.15) is 19.3 Å². The predicted octanol–water partition coefficient (Wildman–Crippen LogP) is 2.97. The summed E-state index contributed by atoms with van der Waals surface area (Å²) in [4.78, 5) is 0. The van der Waals surface area contributed by atoms with Gasteiger partial charge in [0.15, 0.2) is 0 Å². The summed E-state index contributed by atoms with van der Waals surface area (Å²) in [5, 5.41) is 4.32. The molecule has 0 heterocycles. The molecular formula is C13H20N2OS. The van der Waals surface area contributed by atoms with Gasteiger partial charge in [-0.3, -0.25) is 0 Å². The molecule has 2 rings (SSSR count). The van der Waals surface area contributed by atoms with Gasteiger partial charge < -0.3 is 15.8 Å². The fourth-order valence-electron chi connectivity index (χ4n) is 2.35. The van der Waals surface area contributed by atoms with E-state index in [0.29, 0.717) is 11.7 Å². The van der Waals surface area contributed by atoms with E-state index < -0.39 is 0 Å². The lowest BCUT2D eigenvalue weighted by atomic mass is 10.2. The second-order valence-electron chi connectivity index (χ2n) is 4.43. The number of rotatable bonds is 4. The van der Waals surface area contributed by atoms with Gasteiger partial charge in [-0.15, -0.1) is 0 Å². The lowest BCUT2D eigenvalue weighted by molar-refractivity contribution is 0.417. The highest BCUT2D eigenvalue weighted by atomic mass is 32.2. The van der Waals surface area contributed by atoms with Crippen LogP contribution >= 0.6 is 11.8 Å². The summed E-state index contributed by atoms with van der Waals surface area (Å²) in [6, 6.07) is 6.42. The van der Waals surface area contributed by atoms with Crippen molar-refractivity contribution in [3.05, 3.63) is 18.2 Å². The zero-order valence-electron chi connectivity index (χ0n) is 10.4. The van der Waals surface area contributed by atoms with Crippen LogP contribution in [0.15, 0.2) is 18.2 Å². The van der Waals surface area contributed by atoms with Gasteiger partial charge in [0.2, 0.25) is 0 Å². The van der Waals surface area contributed by atoms with Gasteiger partial charge in [-0.1, -0.05) is 6.07 Å². The van der Waals surface area contributed by atoms with Crippen molar-refractivity contribution in [1.82, 2.24) is 0 Å². The van der Waals surface area contributed by atoms with E-state index in [9.17, 15) is 0 Å². The Bertz CT molecular complexity index is 384. The molecule has 4 heteroatoms. The third kappa shape index (κ3) is 2.80. The number of nitrogens with one attached hydrogen (secondary N) is 1. The van der Waals surface area contributed by atoms with E-state index in [1.807, 2.05) is 30.0 Å². The van der Waals surface area contributed by atoms with Gasteiger partial charge in [-0.2, -0.15) is 11.8 Å². The molecule has 0 radical (unpaired) electrons. The van der Waals surface area contributed by atoms with Gasteiger partial charge >= 0.3 is 0 Å². The van der Waals surface area contributed by atoms with Crippen LogP contribution in [0.4, 0.5) is 11.4 Å². The number of anilines is 2. The molecule has 1 aliphatic carbocycles. The van der Waals surface area contributed by atoms with Crippen molar-refractivity contribution >= 4 is 23.1 Å². The molecule has 1 aromatic carbocycles. The van der Waals surface area contributed by atoms with Crippen molar-refractivity contribution in [3.63, 3.8) is 0 Å². The van der Waals surface area contributed by atoms with E-state index in [2.05, 4.69) is 11.6 Å². The Labute approximate surface area is 107 Å². The monoisotopic (exact) mass is 252 g/mol. The molecular weight excluding hydrogens is 232 g/mol. The zero-order chi connectivity index (χ0) is 12.3. The summed E-state index contributed by atoms with van der Waals surface area (Å²) in [6.07, 6.45) is 5.93. The molecule has 3 nitrogen and oxygen atoms in total. The van der Waals surface area contributed by atoms with Gasteiger partial charge in [-0.25, -0.2) is 0 Å². The summed E-state index contributed by atoms with van der Waals surface area (Å²) in [5.41, 5.74) is 7.75. The molecule has 1 aliphatic rings. The number of hydrogen-bond acceptors (Lipinski definition) is 4. The maximum Gasteiger partial charge on any atom is 0.143 e. The Morgan fingerprint density at radius 1 is 1.41 bits per heavy atom. The largest absolute Gasteiger partial charge is 0.495 e. The quantitative estimate of drug-likeness (QED) is 0.809. The Morgan fingerprint density at radius 2 is 2.24 bits per heavy atom. The van der Waals surface area contributed by atoms with E-state index in [-0.39, 0.29) is 0 Å². The normalized spacial score (nSPS) is 23.6. The minimum Gasteiger partial charge on any atom is -0.495 e. The van der Waals surface area contributed by atoms with Gasteiger partial charge in [0.05, 0.1) is 18.5 Å². The average molecular weight is 252 g/mol. The number of ether oxygens (including phenoxy) is 1. The Balaban J connectivity index is 2.04. The standard InChI is InChI=1S/C13H20N2OS/c1-16-12-5-3-4-11(13(12)14)15-9-6-7-10(8-9)17-2/h3-5,9-10,15H,6-8,14H2,1-2H3. The molecule has 1 saturated carbocycles. The van der Waals surface area contributed by atoms with Crippen LogP contribution < -0.4 is 15.8 Å². The Hall–Kier alpha value is -1.03. The van der Waals surface area contributed by atoms with Crippen LogP contribution in [0.3, 0.4) is 0 Å². The van der Waals surface area contributed by atoms with Crippen LogP contribution in [0.5, 0.6) is 5.75 Å². The summed E-state index contributed by atoms with van der Waals surface area (Å²) in [7, 11) is 1.65. The minimum absolute atomic E-state index is 0.543. The Morgan fingerprint density at radius 3 is 2.88 bits per heavy atom. The minimum atomic E-state index is 0.543. The first-order chi connectivity index (χ1) is 8.24. The smallest absolute Gasteiger partial charge is 0.143 e. The second-order valence-corrected chi connectivity index (χ2v) is 5.57. The Kier molecular flexibility index (Phi) is 4.05. The molecule has 0 bridgehead atoms. The molecule has 0 amide bonds. The van der Waals surface area contributed by atoms with Gasteiger partial charge in [0.25, 0.3) is 0 Å². The van der Waals surface area contributed by atoms with E-state index in [4.69, 9.17) is 10.5 Å². The lowest BCUT2D eigenvalue weighted by Crippen LogP contribution is -2.17. The van der Waals surface area contributed by atoms with Crippen molar-refractivity contribution in [2.45, 2.75) is 30.6 Å². The third-order valence-electron chi connectivity index (χ3n) is 3.36. The lowest BCUT2D eigenvalue weighted by Gasteiger charge is -2.17. The number of nitrogen functional groups attached to an aromatic ring is 1. The highest BCUT2D eigenvalue weighted by Crippen LogP contribution is 2.34. The number of para-hydroxylation sites is 1. The number of benzene rings is 1. The fourth-order valence-corrected chi connectivity index (χ4v) is 3.15. The number of hydrogen-bond donors (Lipinski definition) is 2. The van der Waals surface area contributed by atoms with Crippen molar-refractivity contribution in [3.8, 4) is 5.75 Å².